The minimum atomic E-state index is -1.09. The molecule has 1 aromatic carbocycles. The number of nitrogens with one attached hydrogen (secondary N) is 1. The maximum absolute atomic E-state index is 12.8. The van der Waals surface area contributed by atoms with Crippen LogP contribution in [0.4, 0.5) is 4.39 Å². The molecule has 1 unspecified atom stereocenters. The lowest BCUT2D eigenvalue weighted by molar-refractivity contribution is -0.119. The van der Waals surface area contributed by atoms with Gasteiger partial charge < -0.3 is 5.32 Å². The topological polar surface area (TPSA) is 46.2 Å². The Morgan fingerprint density at radius 2 is 1.79 bits per heavy atom. The van der Waals surface area contributed by atoms with E-state index in [0.29, 0.717) is 4.90 Å². The van der Waals surface area contributed by atoms with Crippen molar-refractivity contribution in [3.63, 3.8) is 0 Å². The second kappa shape index (κ2) is 6.28. The average molecular weight is 283 g/mol. The highest BCUT2D eigenvalue weighted by molar-refractivity contribution is 7.85. The molecular formula is C14H18FNO2S. The zero-order valence-electron chi connectivity index (χ0n) is 10.9. The molecule has 1 N–H and O–H groups in total. The summed E-state index contributed by atoms with van der Waals surface area (Å²) in [4.78, 5) is 11.7. The molecule has 0 aliphatic heterocycles. The Morgan fingerprint density at radius 3 is 2.32 bits per heavy atom. The van der Waals surface area contributed by atoms with Crippen LogP contribution in [-0.2, 0) is 15.6 Å². The highest BCUT2D eigenvalue weighted by Crippen LogP contribution is 2.26. The van der Waals surface area contributed by atoms with E-state index >= 15 is 0 Å². The summed E-state index contributed by atoms with van der Waals surface area (Å²) < 4.78 is 25.2. The van der Waals surface area contributed by atoms with Gasteiger partial charge in [-0.2, -0.15) is 0 Å². The van der Waals surface area contributed by atoms with Crippen LogP contribution in [0.15, 0.2) is 29.2 Å². The second-order valence-corrected chi connectivity index (χ2v) is 6.66. The third kappa shape index (κ3) is 3.86. The van der Waals surface area contributed by atoms with Crippen LogP contribution in [-0.4, -0.2) is 21.4 Å². The molecule has 0 radical (unpaired) electrons. The van der Waals surface area contributed by atoms with Gasteiger partial charge in [0, 0.05) is 23.1 Å². The predicted molar refractivity (Wildman–Crippen MR) is 72.7 cm³/mol. The summed E-state index contributed by atoms with van der Waals surface area (Å²) in [6, 6.07) is 6.07. The maximum atomic E-state index is 12.8. The fraction of sp³-hybridized carbons (Fsp3) is 0.500. The van der Waals surface area contributed by atoms with Gasteiger partial charge in [0.1, 0.15) is 5.82 Å². The van der Waals surface area contributed by atoms with Crippen molar-refractivity contribution in [2.75, 3.05) is 0 Å². The van der Waals surface area contributed by atoms with Crippen LogP contribution in [0.25, 0.3) is 0 Å². The van der Waals surface area contributed by atoms with Crippen LogP contribution >= 0.6 is 0 Å². The van der Waals surface area contributed by atoms with E-state index in [1.165, 1.54) is 19.1 Å². The van der Waals surface area contributed by atoms with Crippen LogP contribution in [0.2, 0.25) is 0 Å². The average Bonchev–Trinajstić information content (AvgIpc) is 2.39. The number of rotatable bonds is 3. The van der Waals surface area contributed by atoms with Crippen molar-refractivity contribution in [3.8, 4) is 0 Å². The Labute approximate surface area is 115 Å². The number of hydrogen-bond acceptors (Lipinski definition) is 2. The van der Waals surface area contributed by atoms with Gasteiger partial charge in [0.25, 0.3) is 0 Å². The molecule has 3 nitrogen and oxygen atoms in total. The summed E-state index contributed by atoms with van der Waals surface area (Å²) in [6.45, 7) is 1.52. The smallest absolute Gasteiger partial charge is 0.217 e. The Morgan fingerprint density at radius 1 is 1.21 bits per heavy atom. The Hall–Kier alpha value is -1.23. The van der Waals surface area contributed by atoms with Crippen molar-refractivity contribution >= 4 is 16.7 Å². The lowest BCUT2D eigenvalue weighted by Gasteiger charge is -2.28. The zero-order valence-corrected chi connectivity index (χ0v) is 11.7. The molecule has 1 amide bonds. The minimum Gasteiger partial charge on any atom is -0.354 e. The molecule has 104 valence electrons. The van der Waals surface area contributed by atoms with E-state index in [9.17, 15) is 13.4 Å². The summed E-state index contributed by atoms with van der Waals surface area (Å²) in [7, 11) is -1.09. The maximum Gasteiger partial charge on any atom is 0.217 e. The highest BCUT2D eigenvalue weighted by atomic mass is 32.2. The summed E-state index contributed by atoms with van der Waals surface area (Å²) >= 11 is 0. The molecule has 1 aliphatic carbocycles. The molecule has 0 heterocycles. The van der Waals surface area contributed by atoms with Crippen LogP contribution in [0, 0.1) is 5.82 Å². The van der Waals surface area contributed by atoms with Gasteiger partial charge >= 0.3 is 0 Å². The summed E-state index contributed by atoms with van der Waals surface area (Å²) in [5.74, 6) is -0.321. The fourth-order valence-electron chi connectivity index (χ4n) is 2.47. The molecular weight excluding hydrogens is 265 g/mol. The lowest BCUT2D eigenvalue weighted by atomic mass is 9.95. The molecule has 1 aromatic rings. The first kappa shape index (κ1) is 14.2. The quantitative estimate of drug-likeness (QED) is 0.925. The number of benzene rings is 1. The van der Waals surface area contributed by atoms with Crippen molar-refractivity contribution in [3.05, 3.63) is 30.1 Å². The second-order valence-electron chi connectivity index (χ2n) is 4.93. The van der Waals surface area contributed by atoms with E-state index in [4.69, 9.17) is 0 Å². The Balaban J connectivity index is 1.92. The van der Waals surface area contributed by atoms with Crippen LogP contribution in [0.3, 0.4) is 0 Å². The largest absolute Gasteiger partial charge is 0.354 e. The van der Waals surface area contributed by atoms with E-state index in [-0.39, 0.29) is 23.0 Å². The highest BCUT2D eigenvalue weighted by Gasteiger charge is 2.26. The summed E-state index contributed by atoms with van der Waals surface area (Å²) in [5.41, 5.74) is 0. The molecule has 1 fully saturated rings. The molecule has 0 aromatic heterocycles. The van der Waals surface area contributed by atoms with Crippen molar-refractivity contribution in [2.45, 2.75) is 48.8 Å². The van der Waals surface area contributed by atoms with Gasteiger partial charge in [0.2, 0.25) is 5.91 Å². The molecule has 1 saturated carbocycles. The number of halogens is 1. The zero-order chi connectivity index (χ0) is 13.8. The number of carbonyl (C=O) groups excluding carboxylic acids is 1. The Bertz CT molecular complexity index is 467. The van der Waals surface area contributed by atoms with Gasteiger partial charge in [-0.3, -0.25) is 9.00 Å². The van der Waals surface area contributed by atoms with Gasteiger partial charge in [0.15, 0.2) is 0 Å². The van der Waals surface area contributed by atoms with Crippen molar-refractivity contribution < 1.29 is 13.4 Å². The third-order valence-corrected chi connectivity index (χ3v) is 5.24. The number of carbonyl (C=O) groups is 1. The summed E-state index contributed by atoms with van der Waals surface area (Å²) in [6.07, 6.45) is 3.37. The first-order chi connectivity index (χ1) is 9.06. The number of amides is 1. The summed E-state index contributed by atoms with van der Waals surface area (Å²) in [5, 5.41) is 3.01. The van der Waals surface area contributed by atoms with Gasteiger partial charge in [-0.25, -0.2) is 4.39 Å². The Kier molecular flexibility index (Phi) is 4.69. The van der Waals surface area contributed by atoms with Gasteiger partial charge in [-0.15, -0.1) is 0 Å². The van der Waals surface area contributed by atoms with Crippen molar-refractivity contribution in [1.29, 1.82) is 0 Å². The molecule has 0 bridgehead atoms. The molecule has 0 spiro atoms. The van der Waals surface area contributed by atoms with Crippen LogP contribution < -0.4 is 5.32 Å². The molecule has 0 saturated heterocycles. The first-order valence-corrected chi connectivity index (χ1v) is 7.71. The molecule has 2 rings (SSSR count). The lowest BCUT2D eigenvalue weighted by Crippen LogP contribution is -2.38. The normalized spacial score (nSPS) is 24.7. The van der Waals surface area contributed by atoms with E-state index in [1.807, 2.05) is 0 Å². The molecule has 1 aliphatic rings. The molecule has 5 heteroatoms. The molecule has 1 atom stereocenters. The van der Waals surface area contributed by atoms with E-state index in [2.05, 4.69) is 5.32 Å². The van der Waals surface area contributed by atoms with Crippen molar-refractivity contribution in [1.82, 2.24) is 5.32 Å². The van der Waals surface area contributed by atoms with E-state index in [0.717, 1.165) is 25.7 Å². The fourth-order valence-corrected chi connectivity index (χ4v) is 3.96. The first-order valence-electron chi connectivity index (χ1n) is 6.49. The monoisotopic (exact) mass is 283 g/mol. The SMILES string of the molecule is CC(=O)NC1CCC(S(=O)c2ccc(F)cc2)CC1. The standard InChI is InChI=1S/C14H18FNO2S/c1-10(17)16-12-4-8-14(9-5-12)19(18)13-6-2-11(15)3-7-13/h2-3,6-7,12,14H,4-5,8-9H2,1H3,(H,16,17). The van der Waals surface area contributed by atoms with Gasteiger partial charge in [-0.05, 0) is 49.9 Å². The van der Waals surface area contributed by atoms with E-state index < -0.39 is 10.8 Å². The van der Waals surface area contributed by atoms with E-state index in [1.54, 1.807) is 12.1 Å². The van der Waals surface area contributed by atoms with Gasteiger partial charge in [0.05, 0.1) is 10.8 Å². The number of hydrogen-bond donors (Lipinski definition) is 1. The predicted octanol–water partition coefficient (Wildman–Crippen LogP) is 2.38. The minimum absolute atomic E-state index is 0.0110. The van der Waals surface area contributed by atoms with Crippen LogP contribution in [0.5, 0.6) is 0 Å². The third-order valence-electron chi connectivity index (χ3n) is 3.43. The van der Waals surface area contributed by atoms with Crippen molar-refractivity contribution in [2.24, 2.45) is 0 Å². The van der Waals surface area contributed by atoms with Crippen LogP contribution in [0.1, 0.15) is 32.6 Å². The molecule has 19 heavy (non-hydrogen) atoms. The van der Waals surface area contributed by atoms with Gasteiger partial charge in [-0.1, -0.05) is 0 Å².